The maximum atomic E-state index is 12.7. The number of ether oxygens (including phenoxy) is 1. The van der Waals surface area contributed by atoms with Gasteiger partial charge in [-0.25, -0.2) is 0 Å². The molecule has 0 aliphatic rings. The number of nitrogens with one attached hydrogen (secondary N) is 2. The van der Waals surface area contributed by atoms with Crippen LogP contribution in [0.25, 0.3) is 17.1 Å². The highest BCUT2D eigenvalue weighted by atomic mass is 32.2. The topological polar surface area (TPSA) is 98.1 Å². The number of carbonyl (C=O) groups excluding carboxylic acids is 2. The molecule has 0 aliphatic carbocycles. The Morgan fingerprint density at radius 2 is 1.47 bits per heavy atom. The minimum Gasteiger partial charge on any atom is -0.497 e. The van der Waals surface area contributed by atoms with Crippen molar-refractivity contribution < 1.29 is 14.3 Å². The molecule has 0 unspecified atom stereocenters. The van der Waals surface area contributed by atoms with Gasteiger partial charge >= 0.3 is 0 Å². The molecule has 196 valence electrons. The van der Waals surface area contributed by atoms with Gasteiger partial charge in [0.05, 0.1) is 12.9 Å². The molecule has 0 saturated heterocycles. The van der Waals surface area contributed by atoms with Crippen LogP contribution in [0.2, 0.25) is 0 Å². The van der Waals surface area contributed by atoms with E-state index in [0.29, 0.717) is 22.4 Å². The Balaban J connectivity index is 1.56. The van der Waals surface area contributed by atoms with Gasteiger partial charge in [-0.2, -0.15) is 0 Å². The first-order valence-electron chi connectivity index (χ1n) is 12.1. The summed E-state index contributed by atoms with van der Waals surface area (Å²) in [4.78, 5) is 23.9. The molecule has 0 saturated carbocycles. The van der Waals surface area contributed by atoms with E-state index in [-0.39, 0.29) is 23.0 Å². The molecule has 0 aliphatic heterocycles. The van der Waals surface area contributed by atoms with Gasteiger partial charge in [0, 0.05) is 29.5 Å². The monoisotopic (exact) mass is 529 g/mol. The van der Waals surface area contributed by atoms with Crippen LogP contribution in [0.1, 0.15) is 33.3 Å². The fourth-order valence-corrected chi connectivity index (χ4v) is 4.55. The smallest absolute Gasteiger partial charge is 0.234 e. The van der Waals surface area contributed by atoms with Crippen molar-refractivity contribution in [2.24, 2.45) is 0 Å². The summed E-state index contributed by atoms with van der Waals surface area (Å²) in [6, 6.07) is 22.9. The maximum absolute atomic E-state index is 12.7. The van der Waals surface area contributed by atoms with Crippen LogP contribution in [-0.2, 0) is 15.0 Å². The molecular formula is C29H31N5O3S. The Labute approximate surface area is 226 Å². The molecule has 4 aromatic rings. The van der Waals surface area contributed by atoms with Crippen LogP contribution in [0.5, 0.6) is 5.75 Å². The summed E-state index contributed by atoms with van der Waals surface area (Å²) >= 11 is 1.30. The summed E-state index contributed by atoms with van der Waals surface area (Å²) in [5.74, 6) is 1.25. The Morgan fingerprint density at radius 3 is 2.03 bits per heavy atom. The zero-order valence-electron chi connectivity index (χ0n) is 22.1. The van der Waals surface area contributed by atoms with Gasteiger partial charge in [-0.1, -0.05) is 56.8 Å². The molecule has 0 spiro atoms. The van der Waals surface area contributed by atoms with Crippen molar-refractivity contribution in [1.82, 2.24) is 14.8 Å². The number of nitrogens with zero attached hydrogens (tertiary/aromatic N) is 3. The molecule has 0 bridgehead atoms. The standard InChI is InChI=1S/C29H31N5O3S/c1-19(35)30-22-10-12-23(13-11-22)31-26(36)18-38-28-33-32-27(20-6-8-21(9-7-20)29(2,3)4)34(28)24-14-16-25(37-5)17-15-24/h6-17H,18H2,1-5H3,(H,30,35)(H,31,36). The van der Waals surface area contributed by atoms with E-state index in [1.807, 2.05) is 28.8 Å². The second-order valence-electron chi connectivity index (χ2n) is 9.76. The lowest BCUT2D eigenvalue weighted by atomic mass is 9.87. The van der Waals surface area contributed by atoms with Crippen molar-refractivity contribution in [3.63, 3.8) is 0 Å². The van der Waals surface area contributed by atoms with Gasteiger partial charge in [-0.3, -0.25) is 14.2 Å². The molecule has 8 nitrogen and oxygen atoms in total. The molecular weight excluding hydrogens is 498 g/mol. The maximum Gasteiger partial charge on any atom is 0.234 e. The van der Waals surface area contributed by atoms with Crippen LogP contribution in [0, 0.1) is 0 Å². The van der Waals surface area contributed by atoms with E-state index < -0.39 is 0 Å². The average molecular weight is 530 g/mol. The molecule has 38 heavy (non-hydrogen) atoms. The van der Waals surface area contributed by atoms with E-state index in [2.05, 4.69) is 65.9 Å². The Bertz CT molecular complexity index is 1410. The lowest BCUT2D eigenvalue weighted by Gasteiger charge is -2.19. The third-order valence-corrected chi connectivity index (χ3v) is 6.72. The summed E-state index contributed by atoms with van der Waals surface area (Å²) < 4.78 is 7.27. The SMILES string of the molecule is COc1ccc(-n2c(SCC(=O)Nc3ccc(NC(C)=O)cc3)nnc2-c2ccc(C(C)(C)C)cc2)cc1. The second-order valence-corrected chi connectivity index (χ2v) is 10.7. The Kier molecular flexibility index (Phi) is 8.16. The van der Waals surface area contributed by atoms with E-state index in [9.17, 15) is 9.59 Å². The predicted octanol–water partition coefficient (Wildman–Crippen LogP) is 5.93. The van der Waals surface area contributed by atoms with E-state index in [0.717, 1.165) is 17.0 Å². The molecule has 0 radical (unpaired) electrons. The third kappa shape index (κ3) is 6.60. The van der Waals surface area contributed by atoms with Crippen molar-refractivity contribution in [2.75, 3.05) is 23.5 Å². The molecule has 1 aromatic heterocycles. The summed E-state index contributed by atoms with van der Waals surface area (Å²) in [7, 11) is 1.63. The van der Waals surface area contributed by atoms with Crippen molar-refractivity contribution >= 4 is 35.0 Å². The fourth-order valence-electron chi connectivity index (χ4n) is 3.80. The first-order chi connectivity index (χ1) is 18.1. The zero-order chi connectivity index (χ0) is 27.3. The Morgan fingerprint density at radius 1 is 0.868 bits per heavy atom. The number of benzene rings is 3. The van der Waals surface area contributed by atoms with Crippen LogP contribution in [-0.4, -0.2) is 39.4 Å². The fraction of sp³-hybridized carbons (Fsp3) is 0.241. The Hall–Kier alpha value is -4.11. The molecule has 0 fully saturated rings. The van der Waals surface area contributed by atoms with Crippen LogP contribution in [0.3, 0.4) is 0 Å². The van der Waals surface area contributed by atoms with Gasteiger partial charge in [0.25, 0.3) is 0 Å². The molecule has 2 amide bonds. The van der Waals surface area contributed by atoms with Crippen LogP contribution in [0.15, 0.2) is 78.0 Å². The first kappa shape index (κ1) is 26.9. The summed E-state index contributed by atoms with van der Waals surface area (Å²) in [6.07, 6.45) is 0. The molecule has 3 aromatic carbocycles. The number of carbonyl (C=O) groups is 2. The second kappa shape index (κ2) is 11.5. The summed E-state index contributed by atoms with van der Waals surface area (Å²) in [5, 5.41) is 15.1. The van der Waals surface area contributed by atoms with Gasteiger partial charge in [0.15, 0.2) is 11.0 Å². The van der Waals surface area contributed by atoms with Gasteiger partial charge < -0.3 is 15.4 Å². The lowest BCUT2D eigenvalue weighted by molar-refractivity contribution is -0.114. The van der Waals surface area contributed by atoms with E-state index in [1.165, 1.54) is 24.2 Å². The van der Waals surface area contributed by atoms with Gasteiger partial charge in [-0.15, -0.1) is 10.2 Å². The number of methoxy groups -OCH3 is 1. The zero-order valence-corrected chi connectivity index (χ0v) is 22.9. The molecule has 4 rings (SSSR count). The summed E-state index contributed by atoms with van der Waals surface area (Å²) in [5.41, 5.74) is 4.37. The van der Waals surface area contributed by atoms with Gasteiger partial charge in [-0.05, 0) is 59.5 Å². The lowest BCUT2D eigenvalue weighted by Crippen LogP contribution is -2.14. The van der Waals surface area contributed by atoms with Crippen molar-refractivity contribution in [3.8, 4) is 22.8 Å². The minimum atomic E-state index is -0.178. The number of thioether (sulfide) groups is 1. The van der Waals surface area contributed by atoms with Crippen LogP contribution >= 0.6 is 11.8 Å². The number of aromatic nitrogens is 3. The minimum absolute atomic E-state index is 0.0425. The normalized spacial score (nSPS) is 11.2. The van der Waals surface area contributed by atoms with Gasteiger partial charge in [0.2, 0.25) is 11.8 Å². The van der Waals surface area contributed by atoms with Crippen molar-refractivity contribution in [1.29, 1.82) is 0 Å². The summed E-state index contributed by atoms with van der Waals surface area (Å²) in [6.45, 7) is 7.99. The van der Waals surface area contributed by atoms with Crippen LogP contribution in [0.4, 0.5) is 11.4 Å². The van der Waals surface area contributed by atoms with E-state index >= 15 is 0 Å². The number of anilines is 2. The third-order valence-electron chi connectivity index (χ3n) is 5.79. The molecule has 2 N–H and O–H groups in total. The highest BCUT2D eigenvalue weighted by Gasteiger charge is 2.19. The highest BCUT2D eigenvalue weighted by molar-refractivity contribution is 7.99. The van der Waals surface area contributed by atoms with E-state index in [4.69, 9.17) is 4.74 Å². The quantitative estimate of drug-likeness (QED) is 0.275. The van der Waals surface area contributed by atoms with Crippen LogP contribution < -0.4 is 15.4 Å². The molecule has 0 atom stereocenters. The van der Waals surface area contributed by atoms with Crippen molar-refractivity contribution in [3.05, 3.63) is 78.4 Å². The number of hydrogen-bond donors (Lipinski definition) is 2. The first-order valence-corrected chi connectivity index (χ1v) is 13.1. The number of amides is 2. The van der Waals surface area contributed by atoms with Crippen molar-refractivity contribution in [2.45, 2.75) is 38.3 Å². The molecule has 9 heteroatoms. The highest BCUT2D eigenvalue weighted by Crippen LogP contribution is 2.31. The molecule has 1 heterocycles. The largest absolute Gasteiger partial charge is 0.497 e. The number of hydrogen-bond acceptors (Lipinski definition) is 6. The average Bonchev–Trinajstić information content (AvgIpc) is 3.32. The van der Waals surface area contributed by atoms with E-state index in [1.54, 1.807) is 31.4 Å². The number of rotatable bonds is 8. The predicted molar refractivity (Wildman–Crippen MR) is 152 cm³/mol. The van der Waals surface area contributed by atoms with Gasteiger partial charge in [0.1, 0.15) is 5.75 Å².